The summed E-state index contributed by atoms with van der Waals surface area (Å²) < 4.78 is 0. The molecule has 0 bridgehead atoms. The van der Waals surface area contributed by atoms with E-state index in [0.29, 0.717) is 6.54 Å². The molecule has 1 aliphatic rings. The highest BCUT2D eigenvalue weighted by molar-refractivity contribution is 5.97. The van der Waals surface area contributed by atoms with Gasteiger partial charge in [-0.05, 0) is 73.9 Å². The number of fused-ring (bicyclic) bond motifs is 1. The zero-order valence-corrected chi connectivity index (χ0v) is 15.6. The van der Waals surface area contributed by atoms with Gasteiger partial charge in [0.15, 0.2) is 5.78 Å². The molecule has 0 saturated carbocycles. The monoisotopic (exact) mass is 337 g/mol. The van der Waals surface area contributed by atoms with E-state index in [1.807, 2.05) is 19.9 Å². The second-order valence-corrected chi connectivity index (χ2v) is 7.30. The van der Waals surface area contributed by atoms with Crippen LogP contribution >= 0.6 is 0 Å². The molecule has 0 fully saturated rings. The zero-order chi connectivity index (χ0) is 18.2. The number of carbonyl (C=O) groups is 1. The Morgan fingerprint density at radius 1 is 1.20 bits per heavy atom. The molecular formula is C22H27NO2. The summed E-state index contributed by atoms with van der Waals surface area (Å²) in [6.45, 7) is 8.47. The summed E-state index contributed by atoms with van der Waals surface area (Å²) in [7, 11) is 0. The zero-order valence-electron chi connectivity index (χ0n) is 15.6. The fourth-order valence-electron chi connectivity index (χ4n) is 4.39. The van der Waals surface area contributed by atoms with Crippen molar-refractivity contribution >= 4 is 5.78 Å². The molecule has 0 saturated heterocycles. The Morgan fingerprint density at radius 2 is 1.92 bits per heavy atom. The maximum absolute atomic E-state index is 12.0. The Balaban J connectivity index is 1.94. The standard InChI is InChI=1S/C22H27NO2/c1-14-11-15(2)21(17(4)25)16(3)19(14)12-23-22(13-24)10-9-18-7-5-6-8-20(18)22/h5-8,11,23-24H,9-10,12-13H2,1-4H3. The minimum atomic E-state index is -0.392. The van der Waals surface area contributed by atoms with Crippen molar-refractivity contribution in [1.29, 1.82) is 0 Å². The lowest BCUT2D eigenvalue weighted by Crippen LogP contribution is -2.43. The minimum absolute atomic E-state index is 0.0769. The molecule has 0 heterocycles. The van der Waals surface area contributed by atoms with Gasteiger partial charge in [-0.25, -0.2) is 0 Å². The van der Waals surface area contributed by atoms with Crippen LogP contribution in [0, 0.1) is 20.8 Å². The molecule has 1 atom stereocenters. The number of aliphatic hydroxyl groups excluding tert-OH is 1. The summed E-state index contributed by atoms with van der Waals surface area (Å²) in [5.74, 6) is 0.110. The molecule has 0 spiro atoms. The maximum Gasteiger partial charge on any atom is 0.160 e. The van der Waals surface area contributed by atoms with Crippen LogP contribution in [-0.2, 0) is 18.5 Å². The van der Waals surface area contributed by atoms with Crippen molar-refractivity contribution in [3.63, 3.8) is 0 Å². The van der Waals surface area contributed by atoms with Gasteiger partial charge in [-0.3, -0.25) is 4.79 Å². The van der Waals surface area contributed by atoms with Gasteiger partial charge in [0.05, 0.1) is 12.1 Å². The van der Waals surface area contributed by atoms with Crippen molar-refractivity contribution in [3.8, 4) is 0 Å². The summed E-state index contributed by atoms with van der Waals surface area (Å²) >= 11 is 0. The molecule has 2 aromatic rings. The number of benzene rings is 2. The van der Waals surface area contributed by atoms with E-state index in [1.165, 1.54) is 16.7 Å². The predicted molar refractivity (Wildman–Crippen MR) is 101 cm³/mol. The maximum atomic E-state index is 12.0. The average Bonchev–Trinajstić information content (AvgIpc) is 2.93. The van der Waals surface area contributed by atoms with Crippen molar-refractivity contribution in [1.82, 2.24) is 5.32 Å². The molecule has 1 unspecified atom stereocenters. The molecule has 3 nitrogen and oxygen atoms in total. The number of Topliss-reactive ketones (excluding diaryl/α,β-unsaturated/α-hetero) is 1. The summed E-state index contributed by atoms with van der Waals surface area (Å²) in [6, 6.07) is 10.4. The molecule has 2 aromatic carbocycles. The molecule has 132 valence electrons. The lowest BCUT2D eigenvalue weighted by molar-refractivity contribution is 0.101. The molecular weight excluding hydrogens is 310 g/mol. The number of ketones is 1. The number of hydrogen-bond donors (Lipinski definition) is 2. The SMILES string of the molecule is CC(=O)c1c(C)cc(C)c(CNC2(CO)CCc3ccccc32)c1C. The normalized spacial score (nSPS) is 19.1. The Bertz CT molecular complexity index is 825. The van der Waals surface area contributed by atoms with Crippen LogP contribution < -0.4 is 5.32 Å². The molecule has 25 heavy (non-hydrogen) atoms. The Morgan fingerprint density at radius 3 is 2.60 bits per heavy atom. The van der Waals surface area contributed by atoms with Crippen molar-refractivity contribution in [2.45, 2.75) is 52.6 Å². The van der Waals surface area contributed by atoms with E-state index in [4.69, 9.17) is 0 Å². The van der Waals surface area contributed by atoms with Gasteiger partial charge in [-0.15, -0.1) is 0 Å². The molecule has 0 aliphatic heterocycles. The first-order valence-corrected chi connectivity index (χ1v) is 8.94. The van der Waals surface area contributed by atoms with Crippen LogP contribution in [0.3, 0.4) is 0 Å². The van der Waals surface area contributed by atoms with Gasteiger partial charge < -0.3 is 10.4 Å². The van der Waals surface area contributed by atoms with Gasteiger partial charge in [0.1, 0.15) is 0 Å². The third-order valence-corrected chi connectivity index (χ3v) is 5.71. The van der Waals surface area contributed by atoms with Gasteiger partial charge in [0, 0.05) is 12.1 Å². The highest BCUT2D eigenvalue weighted by Crippen LogP contribution is 2.37. The van der Waals surface area contributed by atoms with Crippen molar-refractivity contribution in [2.24, 2.45) is 0 Å². The number of aliphatic hydroxyl groups is 1. The second-order valence-electron chi connectivity index (χ2n) is 7.30. The van der Waals surface area contributed by atoms with E-state index in [9.17, 15) is 9.90 Å². The van der Waals surface area contributed by atoms with E-state index in [-0.39, 0.29) is 12.4 Å². The summed E-state index contributed by atoms with van der Waals surface area (Å²) in [6.07, 6.45) is 1.88. The lowest BCUT2D eigenvalue weighted by atomic mass is 9.89. The van der Waals surface area contributed by atoms with E-state index in [0.717, 1.165) is 35.1 Å². The van der Waals surface area contributed by atoms with E-state index >= 15 is 0 Å². The molecule has 2 N–H and O–H groups in total. The first-order chi connectivity index (χ1) is 11.9. The van der Waals surface area contributed by atoms with Crippen LogP contribution in [0.4, 0.5) is 0 Å². The van der Waals surface area contributed by atoms with Crippen LogP contribution in [0.15, 0.2) is 30.3 Å². The number of nitrogens with one attached hydrogen (secondary N) is 1. The number of carbonyl (C=O) groups excluding carboxylic acids is 1. The van der Waals surface area contributed by atoms with E-state index in [1.54, 1.807) is 6.92 Å². The lowest BCUT2D eigenvalue weighted by Gasteiger charge is -2.31. The van der Waals surface area contributed by atoms with Gasteiger partial charge in [0.25, 0.3) is 0 Å². The van der Waals surface area contributed by atoms with Crippen molar-refractivity contribution < 1.29 is 9.90 Å². The highest BCUT2D eigenvalue weighted by Gasteiger charge is 2.37. The van der Waals surface area contributed by atoms with Crippen molar-refractivity contribution in [3.05, 3.63) is 69.3 Å². The van der Waals surface area contributed by atoms with E-state index < -0.39 is 5.54 Å². The van der Waals surface area contributed by atoms with Gasteiger partial charge >= 0.3 is 0 Å². The van der Waals surface area contributed by atoms with Crippen molar-refractivity contribution in [2.75, 3.05) is 6.61 Å². The molecule has 3 rings (SSSR count). The number of aryl methyl sites for hydroxylation is 3. The van der Waals surface area contributed by atoms with Crippen LogP contribution in [0.5, 0.6) is 0 Å². The first kappa shape index (κ1) is 17.8. The Kier molecular flexibility index (Phi) is 4.81. The first-order valence-electron chi connectivity index (χ1n) is 8.94. The highest BCUT2D eigenvalue weighted by atomic mass is 16.3. The Hall–Kier alpha value is -1.97. The fourth-order valence-corrected chi connectivity index (χ4v) is 4.39. The van der Waals surface area contributed by atoms with E-state index in [2.05, 4.69) is 36.5 Å². The molecule has 0 aromatic heterocycles. The van der Waals surface area contributed by atoms with Crippen LogP contribution in [-0.4, -0.2) is 17.5 Å². The predicted octanol–water partition coefficient (Wildman–Crippen LogP) is 3.74. The molecule has 0 radical (unpaired) electrons. The Labute approximate surface area is 150 Å². The van der Waals surface area contributed by atoms with Crippen LogP contribution in [0.1, 0.15) is 57.1 Å². The van der Waals surface area contributed by atoms with Crippen LogP contribution in [0.25, 0.3) is 0 Å². The fraction of sp³-hybridized carbons (Fsp3) is 0.409. The number of rotatable bonds is 5. The summed E-state index contributed by atoms with van der Waals surface area (Å²) in [4.78, 5) is 12.0. The molecule has 3 heteroatoms. The molecule has 0 amide bonds. The molecule has 1 aliphatic carbocycles. The second kappa shape index (κ2) is 6.74. The van der Waals surface area contributed by atoms with Gasteiger partial charge in [0.2, 0.25) is 0 Å². The smallest absolute Gasteiger partial charge is 0.160 e. The topological polar surface area (TPSA) is 49.3 Å². The summed E-state index contributed by atoms with van der Waals surface area (Å²) in [5, 5.41) is 13.8. The quantitative estimate of drug-likeness (QED) is 0.817. The minimum Gasteiger partial charge on any atom is -0.394 e. The van der Waals surface area contributed by atoms with Gasteiger partial charge in [-0.2, -0.15) is 0 Å². The number of hydrogen-bond acceptors (Lipinski definition) is 3. The summed E-state index contributed by atoms with van der Waals surface area (Å²) in [5.41, 5.74) is 7.38. The third-order valence-electron chi connectivity index (χ3n) is 5.71. The third kappa shape index (κ3) is 3.03. The van der Waals surface area contributed by atoms with Gasteiger partial charge in [-0.1, -0.05) is 30.3 Å². The average molecular weight is 337 g/mol. The van der Waals surface area contributed by atoms with Crippen LogP contribution in [0.2, 0.25) is 0 Å². The largest absolute Gasteiger partial charge is 0.394 e.